The van der Waals surface area contributed by atoms with E-state index < -0.39 is 36.0 Å². The molecule has 0 unspecified atom stereocenters. The molecule has 0 aliphatic heterocycles. The van der Waals surface area contributed by atoms with Gasteiger partial charge in [-0.3, -0.25) is 19.3 Å². The summed E-state index contributed by atoms with van der Waals surface area (Å²) < 4.78 is 4.63. The number of aliphatic hydroxyl groups excluding tert-OH is 1. The van der Waals surface area contributed by atoms with Gasteiger partial charge in [0.05, 0.1) is 0 Å². The molecule has 1 aromatic carbocycles. The Labute approximate surface area is 150 Å². The van der Waals surface area contributed by atoms with Gasteiger partial charge in [-0.15, -0.1) is 0 Å². The van der Waals surface area contributed by atoms with Crippen molar-refractivity contribution in [2.45, 2.75) is 36.9 Å². The monoisotopic (exact) mass is 369 g/mol. The highest BCUT2D eigenvalue weighted by atomic mass is 35.5. The second-order valence-corrected chi connectivity index (χ2v) is 6.41. The molecule has 0 heterocycles. The molecular formula is C17H20ClNO6. The quantitative estimate of drug-likeness (QED) is 0.696. The summed E-state index contributed by atoms with van der Waals surface area (Å²) in [5, 5.41) is 20.0. The van der Waals surface area contributed by atoms with Crippen molar-refractivity contribution in [2.75, 3.05) is 13.7 Å². The first-order valence-corrected chi connectivity index (χ1v) is 8.22. The second-order valence-electron chi connectivity index (χ2n) is 6.01. The summed E-state index contributed by atoms with van der Waals surface area (Å²) in [6.07, 6.45) is -0.0902. The zero-order valence-electron chi connectivity index (χ0n) is 13.7. The van der Waals surface area contributed by atoms with Gasteiger partial charge >= 0.3 is 5.97 Å². The first-order chi connectivity index (χ1) is 11.9. The molecule has 2 N–H and O–H groups in total. The Balaban J connectivity index is 2.58. The maximum Gasteiger partial charge on any atom is 0.324 e. The lowest BCUT2D eigenvalue weighted by molar-refractivity contribution is -0.158. The molecule has 1 fully saturated rings. The molecule has 1 aliphatic rings. The van der Waals surface area contributed by atoms with Crippen LogP contribution in [0, 0.1) is 0 Å². The number of ketones is 1. The molecule has 1 aromatic rings. The molecule has 8 heteroatoms. The number of aliphatic hydroxyl groups is 1. The van der Waals surface area contributed by atoms with E-state index in [4.69, 9.17) is 11.6 Å². The van der Waals surface area contributed by atoms with Gasteiger partial charge in [-0.05, 0) is 37.9 Å². The van der Waals surface area contributed by atoms with Crippen LogP contribution in [0.3, 0.4) is 0 Å². The minimum absolute atomic E-state index is 0.156. The van der Waals surface area contributed by atoms with Crippen LogP contribution in [0.25, 0.3) is 0 Å². The van der Waals surface area contributed by atoms with Crippen molar-refractivity contribution in [1.82, 2.24) is 4.90 Å². The van der Waals surface area contributed by atoms with Gasteiger partial charge in [0.25, 0.3) is 6.47 Å². The number of rotatable bonds is 7. The molecule has 1 aliphatic carbocycles. The largest absolute Gasteiger partial charge is 0.480 e. The van der Waals surface area contributed by atoms with Gasteiger partial charge in [-0.2, -0.15) is 0 Å². The molecule has 0 amide bonds. The fourth-order valence-corrected chi connectivity index (χ4v) is 3.72. The van der Waals surface area contributed by atoms with Crippen molar-refractivity contribution < 1.29 is 29.3 Å². The third-order valence-electron chi connectivity index (χ3n) is 4.72. The van der Waals surface area contributed by atoms with Gasteiger partial charge < -0.3 is 14.9 Å². The van der Waals surface area contributed by atoms with Crippen molar-refractivity contribution >= 4 is 29.8 Å². The number of halogens is 1. The molecule has 0 bridgehead atoms. The van der Waals surface area contributed by atoms with Crippen molar-refractivity contribution in [2.24, 2.45) is 0 Å². The highest BCUT2D eigenvalue weighted by Gasteiger charge is 2.52. The van der Waals surface area contributed by atoms with Crippen LogP contribution in [0.1, 0.15) is 24.8 Å². The Morgan fingerprint density at radius 3 is 2.80 bits per heavy atom. The first kappa shape index (κ1) is 19.4. The van der Waals surface area contributed by atoms with Crippen LogP contribution >= 0.6 is 11.6 Å². The van der Waals surface area contributed by atoms with E-state index >= 15 is 0 Å². The van der Waals surface area contributed by atoms with Gasteiger partial charge in [-0.25, -0.2) is 0 Å². The summed E-state index contributed by atoms with van der Waals surface area (Å²) >= 11 is 6.30. The maximum absolute atomic E-state index is 13.0. The average Bonchev–Trinajstić information content (AvgIpc) is 2.58. The lowest BCUT2D eigenvalue weighted by atomic mass is 9.72. The smallest absolute Gasteiger partial charge is 0.324 e. The molecule has 1 saturated carbocycles. The van der Waals surface area contributed by atoms with E-state index in [0.29, 0.717) is 29.8 Å². The minimum atomic E-state index is -1.41. The third-order valence-corrected chi connectivity index (χ3v) is 5.05. The van der Waals surface area contributed by atoms with Crippen LogP contribution in [0.5, 0.6) is 0 Å². The molecule has 0 spiro atoms. The zero-order chi connectivity index (χ0) is 18.6. The number of hydrogen-bond acceptors (Lipinski definition) is 6. The lowest BCUT2D eigenvalue weighted by Crippen LogP contribution is -2.61. The van der Waals surface area contributed by atoms with E-state index in [2.05, 4.69) is 4.74 Å². The summed E-state index contributed by atoms with van der Waals surface area (Å²) in [6.45, 7) is -0.269. The van der Waals surface area contributed by atoms with Crippen LogP contribution in [0.2, 0.25) is 5.02 Å². The van der Waals surface area contributed by atoms with Crippen LogP contribution in [0.4, 0.5) is 0 Å². The molecule has 0 saturated heterocycles. The Hall–Kier alpha value is -1.96. The Morgan fingerprint density at radius 2 is 2.20 bits per heavy atom. The summed E-state index contributed by atoms with van der Waals surface area (Å²) in [4.78, 5) is 36.5. The van der Waals surface area contributed by atoms with Gasteiger partial charge in [-0.1, -0.05) is 29.8 Å². The van der Waals surface area contributed by atoms with Gasteiger partial charge in [0.2, 0.25) is 0 Å². The van der Waals surface area contributed by atoms with E-state index in [9.17, 15) is 24.6 Å². The number of nitrogens with zero attached hydrogens (tertiary/aromatic N) is 1. The SMILES string of the molecule is CN([C@@H](COC=O)C(=O)O)[C@]1(c2ccccc2Cl)CCC[C@@H](O)C1=O. The van der Waals surface area contributed by atoms with E-state index in [0.717, 1.165) is 0 Å². The predicted octanol–water partition coefficient (Wildman–Crippen LogP) is 1.21. The molecule has 2 rings (SSSR count). The predicted molar refractivity (Wildman–Crippen MR) is 89.2 cm³/mol. The van der Waals surface area contributed by atoms with Gasteiger partial charge in [0.1, 0.15) is 24.3 Å². The van der Waals surface area contributed by atoms with Crippen LogP contribution < -0.4 is 0 Å². The summed E-state index contributed by atoms with van der Waals surface area (Å²) in [5.41, 5.74) is -0.981. The number of carboxylic acid groups (broad SMARTS) is 1. The molecule has 3 atom stereocenters. The number of hydrogen-bond donors (Lipinski definition) is 2. The van der Waals surface area contributed by atoms with Crippen LogP contribution in [-0.2, 0) is 24.7 Å². The molecule has 25 heavy (non-hydrogen) atoms. The van der Waals surface area contributed by atoms with Crippen LogP contribution in [-0.4, -0.2) is 59.1 Å². The number of benzene rings is 1. The van der Waals surface area contributed by atoms with Crippen molar-refractivity contribution in [3.8, 4) is 0 Å². The average molecular weight is 370 g/mol. The number of carbonyl (C=O) groups is 3. The summed E-state index contributed by atoms with van der Waals surface area (Å²) in [5.74, 6) is -1.75. The number of carboxylic acids is 1. The third kappa shape index (κ3) is 3.53. The highest BCUT2D eigenvalue weighted by Crippen LogP contribution is 2.43. The number of ether oxygens (including phenoxy) is 1. The van der Waals surface area contributed by atoms with E-state index in [1.54, 1.807) is 24.3 Å². The standard InChI is InChI=1S/C17H20ClNO6/c1-19(13(16(23)24)9-25-10-20)17(8-4-7-14(21)15(17)22)11-5-2-3-6-12(11)18/h2-3,5-6,10,13-14,21H,4,7-9H2,1H3,(H,23,24)/t13-,14+,17-/m0/s1. The number of carbonyl (C=O) groups excluding carboxylic acids is 2. The van der Waals surface area contributed by atoms with Crippen molar-refractivity contribution in [3.05, 3.63) is 34.9 Å². The molecule has 0 radical (unpaired) electrons. The first-order valence-electron chi connectivity index (χ1n) is 7.84. The minimum Gasteiger partial charge on any atom is -0.480 e. The molecule has 136 valence electrons. The molecule has 0 aromatic heterocycles. The Morgan fingerprint density at radius 1 is 1.52 bits per heavy atom. The summed E-state index contributed by atoms with van der Waals surface area (Å²) in [7, 11) is 1.46. The van der Waals surface area contributed by atoms with Gasteiger partial charge in [0.15, 0.2) is 5.78 Å². The Bertz CT molecular complexity index is 666. The van der Waals surface area contributed by atoms with Crippen molar-refractivity contribution in [3.63, 3.8) is 0 Å². The van der Waals surface area contributed by atoms with Gasteiger partial charge in [0, 0.05) is 5.02 Å². The lowest BCUT2D eigenvalue weighted by Gasteiger charge is -2.47. The molecule has 7 nitrogen and oxygen atoms in total. The number of Topliss-reactive ketones (excluding diaryl/α,β-unsaturated/α-hetero) is 1. The number of likely N-dealkylation sites (N-methyl/N-ethyl adjacent to an activating group) is 1. The maximum atomic E-state index is 13.0. The topological polar surface area (TPSA) is 104 Å². The fourth-order valence-electron chi connectivity index (χ4n) is 3.43. The Kier molecular flexibility index (Phi) is 6.16. The van der Waals surface area contributed by atoms with E-state index in [1.807, 2.05) is 0 Å². The van der Waals surface area contributed by atoms with Crippen LogP contribution in [0.15, 0.2) is 24.3 Å². The van der Waals surface area contributed by atoms with Crippen molar-refractivity contribution in [1.29, 1.82) is 0 Å². The van der Waals surface area contributed by atoms with E-state index in [-0.39, 0.29) is 6.47 Å². The zero-order valence-corrected chi connectivity index (χ0v) is 14.5. The fraction of sp³-hybridized carbons (Fsp3) is 0.471. The number of aliphatic carboxylic acids is 1. The second kappa shape index (κ2) is 7.95. The molecular weight excluding hydrogens is 350 g/mol. The highest BCUT2D eigenvalue weighted by molar-refractivity contribution is 6.31. The van der Waals surface area contributed by atoms with E-state index in [1.165, 1.54) is 11.9 Å². The summed E-state index contributed by atoms with van der Waals surface area (Å²) in [6, 6.07) is 5.39. The normalized spacial score (nSPS) is 24.8.